The molecule has 0 N–H and O–H groups in total. The number of ether oxygens (including phenoxy) is 3. The van der Waals surface area contributed by atoms with E-state index in [1.807, 2.05) is 48.5 Å². The van der Waals surface area contributed by atoms with Crippen molar-refractivity contribution in [2.24, 2.45) is 0 Å². The van der Waals surface area contributed by atoms with Crippen LogP contribution in [0.15, 0.2) is 73.3 Å². The molecular formula is C22H24O4. The van der Waals surface area contributed by atoms with E-state index in [2.05, 4.69) is 6.58 Å². The second-order valence-electron chi connectivity index (χ2n) is 6.37. The molecular weight excluding hydrogens is 328 g/mol. The van der Waals surface area contributed by atoms with Crippen LogP contribution in [0, 0.1) is 0 Å². The van der Waals surface area contributed by atoms with Crippen molar-refractivity contribution in [3.63, 3.8) is 0 Å². The zero-order chi connectivity index (χ0) is 18.2. The third-order valence-corrected chi connectivity index (χ3v) is 4.36. The quantitative estimate of drug-likeness (QED) is 0.528. The summed E-state index contributed by atoms with van der Waals surface area (Å²) in [4.78, 5) is 12.3. The minimum atomic E-state index is -0.320. The highest BCUT2D eigenvalue weighted by Crippen LogP contribution is 2.27. The van der Waals surface area contributed by atoms with Gasteiger partial charge in [0, 0.05) is 6.42 Å². The summed E-state index contributed by atoms with van der Waals surface area (Å²) in [5.41, 5.74) is 1.67. The summed E-state index contributed by atoms with van der Waals surface area (Å²) in [6, 6.07) is 19.0. The largest absolute Gasteiger partial charge is 0.456 e. The van der Waals surface area contributed by atoms with Crippen molar-refractivity contribution >= 4 is 5.97 Å². The minimum absolute atomic E-state index is 0.0859. The van der Waals surface area contributed by atoms with Crippen molar-refractivity contribution in [1.29, 1.82) is 0 Å². The lowest BCUT2D eigenvalue weighted by molar-refractivity contribution is -0.0350. The first-order valence-corrected chi connectivity index (χ1v) is 8.90. The van der Waals surface area contributed by atoms with Crippen LogP contribution in [-0.4, -0.2) is 30.9 Å². The molecule has 2 aromatic rings. The Morgan fingerprint density at radius 3 is 2.50 bits per heavy atom. The van der Waals surface area contributed by atoms with Gasteiger partial charge in [-0.15, -0.1) is 6.58 Å². The maximum absolute atomic E-state index is 12.3. The van der Waals surface area contributed by atoms with Crippen LogP contribution in [0.5, 0.6) is 0 Å². The molecule has 136 valence electrons. The monoisotopic (exact) mass is 352 g/mol. The summed E-state index contributed by atoms with van der Waals surface area (Å²) >= 11 is 0. The molecule has 1 saturated heterocycles. The van der Waals surface area contributed by atoms with Crippen LogP contribution in [0.3, 0.4) is 0 Å². The number of hydrogen-bond donors (Lipinski definition) is 0. The Bertz CT molecular complexity index is 699. The highest BCUT2D eigenvalue weighted by molar-refractivity contribution is 5.89. The van der Waals surface area contributed by atoms with Crippen molar-refractivity contribution in [3.8, 4) is 0 Å². The van der Waals surface area contributed by atoms with Crippen LogP contribution in [0.2, 0.25) is 0 Å². The van der Waals surface area contributed by atoms with Crippen LogP contribution in [-0.2, 0) is 20.8 Å². The standard InChI is InChI=1S/C22H24O4/c1-2-9-20-21(26-22(23)18-12-7-4-8-13-18)14-19(25-20)16-24-15-17-10-5-3-6-11-17/h2-8,10-13,19-21H,1,9,14-16H2/t19-,20+,21-/m0/s1. The molecule has 3 rings (SSSR count). The van der Waals surface area contributed by atoms with Gasteiger partial charge in [-0.3, -0.25) is 0 Å². The highest BCUT2D eigenvalue weighted by atomic mass is 16.6. The van der Waals surface area contributed by atoms with Gasteiger partial charge in [0.05, 0.1) is 31.0 Å². The summed E-state index contributed by atoms with van der Waals surface area (Å²) in [5.74, 6) is -0.320. The molecule has 0 aliphatic carbocycles. The first-order chi connectivity index (χ1) is 12.8. The Kier molecular flexibility index (Phi) is 6.58. The van der Waals surface area contributed by atoms with E-state index in [0.29, 0.717) is 31.6 Å². The fraction of sp³-hybridized carbons (Fsp3) is 0.318. The number of rotatable bonds is 8. The van der Waals surface area contributed by atoms with Crippen molar-refractivity contribution in [2.75, 3.05) is 6.61 Å². The van der Waals surface area contributed by atoms with Gasteiger partial charge < -0.3 is 14.2 Å². The van der Waals surface area contributed by atoms with Crippen LogP contribution in [0.1, 0.15) is 28.8 Å². The molecule has 0 unspecified atom stereocenters. The lowest BCUT2D eigenvalue weighted by atomic mass is 10.1. The Labute approximate surface area is 154 Å². The van der Waals surface area contributed by atoms with E-state index in [4.69, 9.17) is 14.2 Å². The van der Waals surface area contributed by atoms with Gasteiger partial charge in [-0.1, -0.05) is 54.6 Å². The Balaban J connectivity index is 1.52. The van der Waals surface area contributed by atoms with Crippen LogP contribution in [0.4, 0.5) is 0 Å². The van der Waals surface area contributed by atoms with E-state index in [-0.39, 0.29) is 24.3 Å². The molecule has 0 saturated carbocycles. The highest BCUT2D eigenvalue weighted by Gasteiger charge is 2.37. The molecule has 0 bridgehead atoms. The Hall–Kier alpha value is -2.43. The molecule has 1 aliphatic heterocycles. The third kappa shape index (κ3) is 5.04. The lowest BCUT2D eigenvalue weighted by Gasteiger charge is -2.17. The van der Waals surface area contributed by atoms with E-state index in [1.165, 1.54) is 0 Å². The number of hydrogen-bond acceptors (Lipinski definition) is 4. The number of esters is 1. The van der Waals surface area contributed by atoms with Crippen molar-refractivity contribution in [1.82, 2.24) is 0 Å². The van der Waals surface area contributed by atoms with Gasteiger partial charge in [0.25, 0.3) is 0 Å². The Morgan fingerprint density at radius 2 is 1.81 bits per heavy atom. The van der Waals surface area contributed by atoms with E-state index in [9.17, 15) is 4.79 Å². The van der Waals surface area contributed by atoms with E-state index >= 15 is 0 Å². The van der Waals surface area contributed by atoms with Gasteiger partial charge in [-0.25, -0.2) is 4.79 Å². The summed E-state index contributed by atoms with van der Waals surface area (Å²) in [5, 5.41) is 0. The van der Waals surface area contributed by atoms with E-state index in [0.717, 1.165) is 5.56 Å². The predicted molar refractivity (Wildman–Crippen MR) is 99.8 cm³/mol. The minimum Gasteiger partial charge on any atom is -0.456 e. The molecule has 0 radical (unpaired) electrons. The molecule has 0 aromatic heterocycles. The molecule has 26 heavy (non-hydrogen) atoms. The SMILES string of the molecule is C=CC[C@H]1O[C@H](COCc2ccccc2)C[C@@H]1OC(=O)c1ccccc1. The normalized spacial score (nSPS) is 22.1. The summed E-state index contributed by atoms with van der Waals surface area (Å²) < 4.78 is 17.5. The molecule has 0 spiro atoms. The fourth-order valence-electron chi connectivity index (χ4n) is 3.07. The maximum atomic E-state index is 12.3. The molecule has 1 fully saturated rings. The first kappa shape index (κ1) is 18.4. The number of carbonyl (C=O) groups is 1. The maximum Gasteiger partial charge on any atom is 0.338 e. The van der Waals surface area contributed by atoms with Crippen molar-refractivity contribution in [3.05, 3.63) is 84.4 Å². The first-order valence-electron chi connectivity index (χ1n) is 8.90. The molecule has 0 amide bonds. The summed E-state index contributed by atoms with van der Waals surface area (Å²) in [6.07, 6.45) is 2.52. The Morgan fingerprint density at radius 1 is 1.12 bits per heavy atom. The molecule has 1 aliphatic rings. The molecule has 1 heterocycles. The number of benzene rings is 2. The molecule has 3 atom stereocenters. The number of carbonyl (C=O) groups excluding carboxylic acids is 1. The van der Waals surface area contributed by atoms with Crippen LogP contribution in [0.25, 0.3) is 0 Å². The molecule has 4 heteroatoms. The predicted octanol–water partition coefficient (Wildman–Crippen LogP) is 4.16. The van der Waals surface area contributed by atoms with Crippen molar-refractivity contribution < 1.29 is 19.0 Å². The van der Waals surface area contributed by atoms with Crippen LogP contribution >= 0.6 is 0 Å². The third-order valence-electron chi connectivity index (χ3n) is 4.36. The summed E-state index contributed by atoms with van der Waals surface area (Å²) in [6.45, 7) is 4.79. The molecule has 4 nitrogen and oxygen atoms in total. The lowest BCUT2D eigenvalue weighted by Crippen LogP contribution is -2.26. The topological polar surface area (TPSA) is 44.8 Å². The van der Waals surface area contributed by atoms with Gasteiger partial charge in [-0.2, -0.15) is 0 Å². The van der Waals surface area contributed by atoms with Gasteiger partial charge >= 0.3 is 5.97 Å². The van der Waals surface area contributed by atoms with E-state index in [1.54, 1.807) is 18.2 Å². The zero-order valence-corrected chi connectivity index (χ0v) is 14.8. The smallest absolute Gasteiger partial charge is 0.338 e. The average Bonchev–Trinajstić information content (AvgIpc) is 3.05. The summed E-state index contributed by atoms with van der Waals surface area (Å²) in [7, 11) is 0. The van der Waals surface area contributed by atoms with Gasteiger partial charge in [0.2, 0.25) is 0 Å². The van der Waals surface area contributed by atoms with Crippen molar-refractivity contribution in [2.45, 2.75) is 37.8 Å². The van der Waals surface area contributed by atoms with Gasteiger partial charge in [0.15, 0.2) is 0 Å². The van der Waals surface area contributed by atoms with Gasteiger partial charge in [0.1, 0.15) is 6.10 Å². The fourth-order valence-corrected chi connectivity index (χ4v) is 3.07. The van der Waals surface area contributed by atoms with Gasteiger partial charge in [-0.05, 0) is 24.1 Å². The zero-order valence-electron chi connectivity index (χ0n) is 14.8. The average molecular weight is 352 g/mol. The molecule has 2 aromatic carbocycles. The second-order valence-corrected chi connectivity index (χ2v) is 6.37. The van der Waals surface area contributed by atoms with Crippen LogP contribution < -0.4 is 0 Å². The van der Waals surface area contributed by atoms with E-state index < -0.39 is 0 Å². The second kappa shape index (κ2) is 9.32.